The highest BCUT2D eigenvalue weighted by atomic mass is 16.6. The molecule has 2 heterocycles. The molecule has 3 aromatic rings. The van der Waals surface area contributed by atoms with Gasteiger partial charge >= 0.3 is 5.97 Å². The highest BCUT2D eigenvalue weighted by molar-refractivity contribution is 5.79. The minimum Gasteiger partial charge on any atom is -0.493 e. The van der Waals surface area contributed by atoms with Crippen molar-refractivity contribution >= 4 is 17.4 Å². The van der Waals surface area contributed by atoms with Crippen molar-refractivity contribution in [2.45, 2.75) is 65.3 Å². The molecule has 1 aromatic carbocycles. The molecule has 0 saturated heterocycles. The van der Waals surface area contributed by atoms with Crippen LogP contribution >= 0.6 is 0 Å². The van der Waals surface area contributed by atoms with Crippen molar-refractivity contribution in [2.75, 3.05) is 12.4 Å². The normalized spacial score (nSPS) is 15.0. The number of rotatable bonds is 6. The smallest absolute Gasteiger partial charge is 0.311 e. The van der Waals surface area contributed by atoms with Gasteiger partial charge in [-0.2, -0.15) is 0 Å². The molecule has 1 saturated carbocycles. The number of aromatic nitrogens is 2. The van der Waals surface area contributed by atoms with Crippen LogP contribution in [0.4, 0.5) is 5.82 Å². The molecule has 1 aliphatic rings. The van der Waals surface area contributed by atoms with Crippen molar-refractivity contribution in [3.05, 3.63) is 42.6 Å². The van der Waals surface area contributed by atoms with Crippen molar-refractivity contribution in [1.82, 2.24) is 9.38 Å². The number of hydrogen-bond donors (Lipinski definition) is 1. The molecule has 6 nitrogen and oxygen atoms in total. The molecule has 2 aromatic heterocycles. The van der Waals surface area contributed by atoms with E-state index < -0.39 is 0 Å². The van der Waals surface area contributed by atoms with Gasteiger partial charge in [-0.05, 0) is 48.6 Å². The maximum Gasteiger partial charge on any atom is 0.311 e. The van der Waals surface area contributed by atoms with E-state index in [-0.39, 0.29) is 11.4 Å². The number of esters is 1. The van der Waals surface area contributed by atoms with Crippen molar-refractivity contribution in [3.63, 3.8) is 0 Å². The van der Waals surface area contributed by atoms with Gasteiger partial charge in [-0.15, -0.1) is 0 Å². The fourth-order valence-electron chi connectivity index (χ4n) is 4.27. The largest absolute Gasteiger partial charge is 0.493 e. The number of hydrogen-bond acceptors (Lipinski definition) is 5. The molecule has 0 atom stereocenters. The van der Waals surface area contributed by atoms with E-state index in [4.69, 9.17) is 14.5 Å². The van der Waals surface area contributed by atoms with Gasteiger partial charge in [0.05, 0.1) is 13.5 Å². The number of pyridine rings is 1. The van der Waals surface area contributed by atoms with Crippen LogP contribution in [0.1, 0.15) is 59.3 Å². The van der Waals surface area contributed by atoms with Crippen LogP contribution in [0.2, 0.25) is 0 Å². The minimum absolute atomic E-state index is 0.138. The van der Waals surface area contributed by atoms with Crippen LogP contribution in [0.5, 0.6) is 11.5 Å². The van der Waals surface area contributed by atoms with Gasteiger partial charge in [-0.25, -0.2) is 4.98 Å². The van der Waals surface area contributed by atoms with Crippen LogP contribution in [0.15, 0.2) is 42.6 Å². The second-order valence-electron chi connectivity index (χ2n) is 9.79. The van der Waals surface area contributed by atoms with Crippen LogP contribution in [0.3, 0.4) is 0 Å². The van der Waals surface area contributed by atoms with Crippen LogP contribution in [-0.4, -0.2) is 28.5 Å². The minimum atomic E-state index is -0.268. The zero-order valence-electron chi connectivity index (χ0n) is 19.5. The second-order valence-corrected chi connectivity index (χ2v) is 9.79. The Morgan fingerprint density at radius 3 is 2.62 bits per heavy atom. The highest BCUT2D eigenvalue weighted by Crippen LogP contribution is 2.37. The maximum atomic E-state index is 12.3. The van der Waals surface area contributed by atoms with E-state index >= 15 is 0 Å². The van der Waals surface area contributed by atoms with E-state index in [1.165, 1.54) is 32.1 Å². The summed E-state index contributed by atoms with van der Waals surface area (Å²) in [6, 6.07) is 12.1. The van der Waals surface area contributed by atoms with Crippen LogP contribution in [-0.2, 0) is 4.79 Å². The Bertz CT molecular complexity index is 1090. The average Bonchev–Trinajstić information content (AvgIpc) is 3.12. The molecule has 0 spiro atoms. The van der Waals surface area contributed by atoms with Crippen LogP contribution < -0.4 is 14.8 Å². The summed E-state index contributed by atoms with van der Waals surface area (Å²) in [6.45, 7) is 6.04. The molecule has 4 rings (SSSR count). The molecular weight excluding hydrogens is 402 g/mol. The fraction of sp³-hybridized carbons (Fsp3) is 0.462. The number of benzene rings is 1. The van der Waals surface area contributed by atoms with E-state index in [1.807, 2.05) is 57.3 Å². The SMILES string of the molecule is COc1cc(-c2nc3ccccn3c2NC2CCCCC2)ccc1OC(=O)CC(C)(C)C. The number of fused-ring (bicyclic) bond motifs is 1. The number of nitrogens with zero attached hydrogens (tertiary/aromatic N) is 2. The van der Waals surface area contributed by atoms with Crippen LogP contribution in [0.25, 0.3) is 16.9 Å². The Morgan fingerprint density at radius 1 is 1.12 bits per heavy atom. The topological polar surface area (TPSA) is 64.9 Å². The van der Waals surface area contributed by atoms with Crippen LogP contribution in [0, 0.1) is 5.41 Å². The summed E-state index contributed by atoms with van der Waals surface area (Å²) in [5.41, 5.74) is 2.54. The summed E-state index contributed by atoms with van der Waals surface area (Å²) < 4.78 is 13.3. The molecule has 0 unspecified atom stereocenters. The zero-order valence-corrected chi connectivity index (χ0v) is 19.5. The lowest BCUT2D eigenvalue weighted by Crippen LogP contribution is -2.23. The number of carbonyl (C=O) groups is 1. The molecular formula is C26H33N3O3. The molecule has 6 heteroatoms. The first kappa shape index (κ1) is 22.2. The predicted molar refractivity (Wildman–Crippen MR) is 127 cm³/mol. The summed E-state index contributed by atoms with van der Waals surface area (Å²) in [5.74, 6) is 1.67. The van der Waals surface area contributed by atoms with Crippen molar-refractivity contribution in [1.29, 1.82) is 0 Å². The van der Waals surface area contributed by atoms with E-state index in [9.17, 15) is 4.79 Å². The molecule has 0 aliphatic heterocycles. The summed E-state index contributed by atoms with van der Waals surface area (Å²) in [7, 11) is 1.59. The second kappa shape index (κ2) is 9.23. The Morgan fingerprint density at radius 2 is 1.91 bits per heavy atom. The summed E-state index contributed by atoms with van der Waals surface area (Å²) in [4.78, 5) is 17.2. The molecule has 1 aliphatic carbocycles. The lowest BCUT2D eigenvalue weighted by molar-refractivity contribution is -0.136. The number of carbonyl (C=O) groups excluding carboxylic acids is 1. The third kappa shape index (κ3) is 5.06. The molecule has 0 bridgehead atoms. The monoisotopic (exact) mass is 435 g/mol. The van der Waals surface area contributed by atoms with Gasteiger partial charge in [0.1, 0.15) is 17.2 Å². The zero-order chi connectivity index (χ0) is 22.7. The quantitative estimate of drug-likeness (QED) is 0.375. The average molecular weight is 436 g/mol. The van der Waals surface area contributed by atoms with Crippen molar-refractivity contribution < 1.29 is 14.3 Å². The number of methoxy groups -OCH3 is 1. The van der Waals surface area contributed by atoms with E-state index in [0.717, 1.165) is 22.7 Å². The third-order valence-corrected chi connectivity index (χ3v) is 5.81. The Kier molecular flexibility index (Phi) is 6.40. The lowest BCUT2D eigenvalue weighted by Gasteiger charge is -2.24. The molecule has 170 valence electrons. The predicted octanol–water partition coefficient (Wildman–Crippen LogP) is 6.10. The van der Waals surface area contributed by atoms with Gasteiger partial charge in [0.2, 0.25) is 0 Å². The lowest BCUT2D eigenvalue weighted by atomic mass is 9.92. The van der Waals surface area contributed by atoms with Gasteiger partial charge < -0.3 is 14.8 Å². The number of nitrogens with one attached hydrogen (secondary N) is 1. The van der Waals surface area contributed by atoms with Gasteiger partial charge in [0.25, 0.3) is 0 Å². The van der Waals surface area contributed by atoms with Gasteiger partial charge in [0.15, 0.2) is 11.5 Å². The van der Waals surface area contributed by atoms with E-state index in [2.05, 4.69) is 9.72 Å². The molecule has 1 N–H and O–H groups in total. The summed E-state index contributed by atoms with van der Waals surface area (Å²) in [6.07, 6.45) is 8.54. The van der Waals surface area contributed by atoms with Gasteiger partial charge in [0, 0.05) is 17.8 Å². The van der Waals surface area contributed by atoms with Crippen molar-refractivity contribution in [2.24, 2.45) is 5.41 Å². The molecule has 0 radical (unpaired) electrons. The summed E-state index contributed by atoms with van der Waals surface area (Å²) >= 11 is 0. The first-order valence-corrected chi connectivity index (χ1v) is 11.5. The van der Waals surface area contributed by atoms with Gasteiger partial charge in [-0.1, -0.05) is 46.1 Å². The Balaban J connectivity index is 1.67. The number of anilines is 1. The number of imidazole rings is 1. The third-order valence-electron chi connectivity index (χ3n) is 5.81. The standard InChI is InChI=1S/C26H33N3O3/c1-26(2,3)17-23(30)32-20-14-13-18(16-21(20)31-4)24-25(27-19-10-6-5-7-11-19)29-15-9-8-12-22(29)28-24/h8-9,12-16,19,27H,5-7,10-11,17H2,1-4H3. The fourth-order valence-corrected chi connectivity index (χ4v) is 4.27. The van der Waals surface area contributed by atoms with E-state index in [0.29, 0.717) is 24.0 Å². The molecule has 32 heavy (non-hydrogen) atoms. The summed E-state index contributed by atoms with van der Waals surface area (Å²) in [5, 5.41) is 3.76. The Labute approximate surface area is 190 Å². The first-order chi connectivity index (χ1) is 15.3. The highest BCUT2D eigenvalue weighted by Gasteiger charge is 2.22. The van der Waals surface area contributed by atoms with Crippen molar-refractivity contribution in [3.8, 4) is 22.8 Å². The maximum absolute atomic E-state index is 12.3. The Hall–Kier alpha value is -3.02. The first-order valence-electron chi connectivity index (χ1n) is 11.5. The number of ether oxygens (including phenoxy) is 2. The molecule has 0 amide bonds. The van der Waals surface area contributed by atoms with E-state index in [1.54, 1.807) is 13.2 Å². The molecule has 1 fully saturated rings. The van der Waals surface area contributed by atoms with Gasteiger partial charge in [-0.3, -0.25) is 9.20 Å².